The molecule has 2 aromatic carbocycles. The van der Waals surface area contributed by atoms with Crippen molar-refractivity contribution in [3.8, 4) is 17.2 Å². The maximum atomic E-state index is 11.7. The third kappa shape index (κ3) is 3.32. The van der Waals surface area contributed by atoms with Crippen LogP contribution < -0.4 is 4.90 Å². The minimum atomic E-state index is -3.22. The predicted molar refractivity (Wildman–Crippen MR) is 109 cm³/mol. The predicted octanol–water partition coefficient (Wildman–Crippen LogP) is 3.56. The summed E-state index contributed by atoms with van der Waals surface area (Å²) in [5, 5.41) is 18.8. The molecule has 0 N–H and O–H groups in total. The van der Waals surface area contributed by atoms with E-state index >= 15 is 0 Å². The first-order valence-electron chi connectivity index (χ1n) is 9.20. The molecule has 142 valence electrons. The normalized spacial score (nSPS) is 14.0. The van der Waals surface area contributed by atoms with Crippen molar-refractivity contribution >= 4 is 26.4 Å². The minimum Gasteiger partial charge on any atom is -0.366 e. The summed E-state index contributed by atoms with van der Waals surface area (Å²) < 4.78 is 23.3. The van der Waals surface area contributed by atoms with Gasteiger partial charge in [0.1, 0.15) is 6.07 Å². The second kappa shape index (κ2) is 6.88. The molecule has 28 heavy (non-hydrogen) atoms. The van der Waals surface area contributed by atoms with E-state index in [0.29, 0.717) is 16.6 Å². The number of rotatable bonds is 5. The van der Waals surface area contributed by atoms with E-state index in [2.05, 4.69) is 28.1 Å². The van der Waals surface area contributed by atoms with Crippen LogP contribution in [0.3, 0.4) is 0 Å². The number of anilines is 1. The highest BCUT2D eigenvalue weighted by atomic mass is 32.2. The Labute approximate surface area is 164 Å². The summed E-state index contributed by atoms with van der Waals surface area (Å²) in [5.74, 6) is 0. The Morgan fingerprint density at radius 2 is 1.79 bits per heavy atom. The smallest absolute Gasteiger partial charge is 0.187 e. The molecule has 0 unspecified atom stereocenters. The Morgan fingerprint density at radius 1 is 1.11 bits per heavy atom. The molecule has 1 saturated carbocycles. The highest BCUT2D eigenvalue weighted by Crippen LogP contribution is 2.37. The van der Waals surface area contributed by atoms with Crippen LogP contribution in [-0.2, 0) is 9.84 Å². The number of nitrogens with zero attached hydrogens (tertiary/aromatic N) is 4. The molecule has 7 heteroatoms. The van der Waals surface area contributed by atoms with E-state index in [1.54, 1.807) is 24.3 Å². The molecule has 0 spiro atoms. The molecule has 1 aromatic heterocycles. The van der Waals surface area contributed by atoms with Gasteiger partial charge in [-0.15, -0.1) is 10.2 Å². The van der Waals surface area contributed by atoms with Gasteiger partial charge in [-0.3, -0.25) is 0 Å². The van der Waals surface area contributed by atoms with Crippen molar-refractivity contribution in [1.82, 2.24) is 10.2 Å². The van der Waals surface area contributed by atoms with Gasteiger partial charge in [0.15, 0.2) is 15.5 Å². The Morgan fingerprint density at radius 3 is 2.36 bits per heavy atom. The zero-order chi connectivity index (χ0) is 19.9. The summed E-state index contributed by atoms with van der Waals surface area (Å²) >= 11 is 0. The number of hydrogen-bond acceptors (Lipinski definition) is 6. The molecule has 0 aliphatic heterocycles. The number of fused-ring (bicyclic) bond motifs is 1. The lowest BCUT2D eigenvalue weighted by Crippen LogP contribution is -2.26. The second-order valence-electron chi connectivity index (χ2n) is 7.05. The molecular weight excluding hydrogens is 372 g/mol. The SMILES string of the molecule is CCN(c1c(C#N)nnc2cc(-c3ccc(S(C)(=O)=O)cc3)ccc12)C1CC1. The molecule has 1 heterocycles. The van der Waals surface area contributed by atoms with Crippen molar-refractivity contribution in [2.24, 2.45) is 0 Å². The van der Waals surface area contributed by atoms with Gasteiger partial charge in [0.2, 0.25) is 0 Å². The van der Waals surface area contributed by atoms with Gasteiger partial charge in [0, 0.05) is 24.2 Å². The molecule has 1 aliphatic rings. The van der Waals surface area contributed by atoms with Crippen molar-refractivity contribution < 1.29 is 8.42 Å². The number of sulfone groups is 1. The average Bonchev–Trinajstić information content (AvgIpc) is 3.53. The zero-order valence-electron chi connectivity index (χ0n) is 15.8. The molecule has 0 saturated heterocycles. The summed E-state index contributed by atoms with van der Waals surface area (Å²) in [7, 11) is -3.22. The maximum absolute atomic E-state index is 11.7. The highest BCUT2D eigenvalue weighted by molar-refractivity contribution is 7.90. The van der Waals surface area contributed by atoms with Crippen LogP contribution in [0, 0.1) is 11.3 Å². The third-order valence-electron chi connectivity index (χ3n) is 5.07. The Kier molecular flexibility index (Phi) is 4.52. The summed E-state index contributed by atoms with van der Waals surface area (Å²) in [4.78, 5) is 2.54. The fourth-order valence-electron chi connectivity index (χ4n) is 3.52. The topological polar surface area (TPSA) is 86.9 Å². The van der Waals surface area contributed by atoms with Crippen LogP contribution in [0.15, 0.2) is 47.4 Å². The van der Waals surface area contributed by atoms with E-state index in [1.165, 1.54) is 6.26 Å². The Bertz CT molecular complexity index is 1190. The monoisotopic (exact) mass is 392 g/mol. The first-order valence-corrected chi connectivity index (χ1v) is 11.1. The quantitative estimate of drug-likeness (QED) is 0.660. The van der Waals surface area contributed by atoms with Crippen molar-refractivity contribution in [1.29, 1.82) is 5.26 Å². The molecule has 0 atom stereocenters. The molecule has 1 aliphatic carbocycles. The van der Waals surface area contributed by atoms with Gasteiger partial charge in [0.05, 0.1) is 16.1 Å². The Balaban J connectivity index is 1.81. The van der Waals surface area contributed by atoms with E-state index in [-0.39, 0.29) is 0 Å². The van der Waals surface area contributed by atoms with Crippen LogP contribution in [-0.4, -0.2) is 37.5 Å². The van der Waals surface area contributed by atoms with Crippen molar-refractivity contribution in [3.63, 3.8) is 0 Å². The first-order chi connectivity index (χ1) is 13.4. The van der Waals surface area contributed by atoms with Gasteiger partial charge in [-0.05, 0) is 55.2 Å². The standard InChI is InChI=1S/C21H20N4O2S/c1-3-25(16-7-8-16)21-18-11-6-15(12-19(18)23-24-20(21)13-22)14-4-9-17(10-5-14)28(2,26)27/h4-6,9-12,16H,3,7-8H2,1-2H3. The molecule has 0 radical (unpaired) electrons. The number of hydrogen-bond donors (Lipinski definition) is 0. The maximum Gasteiger partial charge on any atom is 0.187 e. The molecule has 4 rings (SSSR count). The first kappa shape index (κ1) is 18.4. The van der Waals surface area contributed by atoms with Crippen LogP contribution in [0.25, 0.3) is 22.0 Å². The van der Waals surface area contributed by atoms with Gasteiger partial charge in [-0.25, -0.2) is 8.42 Å². The lowest BCUT2D eigenvalue weighted by Gasteiger charge is -2.24. The molecule has 1 fully saturated rings. The summed E-state index contributed by atoms with van der Waals surface area (Å²) in [5.41, 5.74) is 3.75. The van der Waals surface area contributed by atoms with Crippen LogP contribution in [0.2, 0.25) is 0 Å². The van der Waals surface area contributed by atoms with Gasteiger partial charge in [0.25, 0.3) is 0 Å². The number of aromatic nitrogens is 2. The largest absolute Gasteiger partial charge is 0.366 e. The average molecular weight is 392 g/mol. The molecular formula is C21H20N4O2S. The van der Waals surface area contributed by atoms with Crippen molar-refractivity contribution in [2.75, 3.05) is 17.7 Å². The van der Waals surface area contributed by atoms with E-state index in [1.807, 2.05) is 18.2 Å². The molecule has 3 aromatic rings. The van der Waals surface area contributed by atoms with Crippen molar-refractivity contribution in [3.05, 3.63) is 48.2 Å². The van der Waals surface area contributed by atoms with Crippen LogP contribution in [0.4, 0.5) is 5.69 Å². The second-order valence-corrected chi connectivity index (χ2v) is 9.07. The zero-order valence-corrected chi connectivity index (χ0v) is 16.6. The van der Waals surface area contributed by atoms with E-state index < -0.39 is 9.84 Å². The van der Waals surface area contributed by atoms with Gasteiger partial charge >= 0.3 is 0 Å². The fraction of sp³-hybridized carbons (Fsp3) is 0.286. The lowest BCUT2D eigenvalue weighted by molar-refractivity contribution is 0.602. The lowest BCUT2D eigenvalue weighted by atomic mass is 10.0. The Hall–Kier alpha value is -2.98. The minimum absolute atomic E-state index is 0.292. The fourth-order valence-corrected chi connectivity index (χ4v) is 4.15. The summed E-state index contributed by atoms with van der Waals surface area (Å²) in [6, 6.07) is 15.3. The van der Waals surface area contributed by atoms with Gasteiger partial charge in [-0.1, -0.05) is 18.2 Å². The van der Waals surface area contributed by atoms with Crippen LogP contribution in [0.1, 0.15) is 25.5 Å². The highest BCUT2D eigenvalue weighted by Gasteiger charge is 2.31. The summed E-state index contributed by atoms with van der Waals surface area (Å²) in [6.45, 7) is 2.90. The van der Waals surface area contributed by atoms with E-state index in [9.17, 15) is 13.7 Å². The van der Waals surface area contributed by atoms with Gasteiger partial charge < -0.3 is 4.90 Å². The molecule has 0 amide bonds. The van der Waals surface area contributed by atoms with Crippen LogP contribution >= 0.6 is 0 Å². The van der Waals surface area contributed by atoms with Gasteiger partial charge in [-0.2, -0.15) is 5.26 Å². The summed E-state index contributed by atoms with van der Waals surface area (Å²) in [6.07, 6.45) is 3.46. The molecule has 0 bridgehead atoms. The molecule has 6 nitrogen and oxygen atoms in total. The van der Waals surface area contributed by atoms with E-state index in [0.717, 1.165) is 47.1 Å². The third-order valence-corrected chi connectivity index (χ3v) is 6.20. The number of benzene rings is 2. The number of nitriles is 1. The van der Waals surface area contributed by atoms with Crippen LogP contribution in [0.5, 0.6) is 0 Å². The van der Waals surface area contributed by atoms with Crippen molar-refractivity contribution in [2.45, 2.75) is 30.7 Å². The van der Waals surface area contributed by atoms with E-state index in [4.69, 9.17) is 0 Å².